The zero-order chi connectivity index (χ0) is 11.3. The molecule has 0 unspecified atom stereocenters. The van der Waals surface area contributed by atoms with Crippen LogP contribution >= 0.6 is 11.6 Å². The molecule has 0 radical (unpaired) electrons. The molecule has 15 heavy (non-hydrogen) atoms. The Bertz CT molecular complexity index is 437. The second-order valence-electron chi connectivity index (χ2n) is 2.49. The van der Waals surface area contributed by atoms with E-state index < -0.39 is 5.97 Å². The minimum Gasteiger partial charge on any atom is -0.468 e. The molecule has 1 heterocycles. The molecule has 0 spiro atoms. The van der Waals surface area contributed by atoms with E-state index in [9.17, 15) is 4.79 Å². The molecule has 0 aliphatic rings. The number of aromatic nitrogens is 2. The first-order valence-electron chi connectivity index (χ1n) is 3.97. The van der Waals surface area contributed by atoms with Gasteiger partial charge in [0.2, 0.25) is 5.28 Å². The number of esters is 1. The molecule has 0 atom stereocenters. The highest BCUT2D eigenvalue weighted by atomic mass is 35.5. The van der Waals surface area contributed by atoms with E-state index in [-0.39, 0.29) is 17.5 Å². The monoisotopic (exact) mass is 225 g/mol. The third-order valence-electron chi connectivity index (χ3n) is 1.47. The number of carbonyl (C=O) groups is 1. The van der Waals surface area contributed by atoms with Gasteiger partial charge in [0, 0.05) is 6.20 Å². The fourth-order valence-electron chi connectivity index (χ4n) is 0.753. The standard InChI is InChI=1S/C9H8ClN3O2/c1-15-7(14)4-2-3-6-5-12-9(10)13-8(6)11/h5H,4H2,1H3,(H2,11,12,13). The minimum atomic E-state index is -0.407. The number of nitrogens with two attached hydrogens (primary N) is 1. The van der Waals surface area contributed by atoms with Crippen molar-refractivity contribution in [2.24, 2.45) is 0 Å². The van der Waals surface area contributed by atoms with Crippen LogP contribution in [0.1, 0.15) is 12.0 Å². The number of carbonyl (C=O) groups excluding carboxylic acids is 1. The molecule has 6 heteroatoms. The average molecular weight is 226 g/mol. The minimum absolute atomic E-state index is 0.00142. The quantitative estimate of drug-likeness (QED) is 0.431. The van der Waals surface area contributed by atoms with E-state index in [0.717, 1.165) is 0 Å². The molecule has 0 bridgehead atoms. The third-order valence-corrected chi connectivity index (χ3v) is 1.65. The highest BCUT2D eigenvalue weighted by Crippen LogP contribution is 2.08. The maximum absolute atomic E-state index is 10.7. The molecular formula is C9H8ClN3O2. The second-order valence-corrected chi connectivity index (χ2v) is 2.83. The lowest BCUT2D eigenvalue weighted by atomic mass is 10.3. The van der Waals surface area contributed by atoms with E-state index in [1.54, 1.807) is 0 Å². The van der Waals surface area contributed by atoms with Gasteiger partial charge in [-0.15, -0.1) is 0 Å². The van der Waals surface area contributed by atoms with Crippen LogP contribution in [0.5, 0.6) is 0 Å². The summed E-state index contributed by atoms with van der Waals surface area (Å²) in [6, 6.07) is 0. The van der Waals surface area contributed by atoms with E-state index in [0.29, 0.717) is 5.56 Å². The lowest BCUT2D eigenvalue weighted by Gasteiger charge is -1.95. The lowest BCUT2D eigenvalue weighted by Crippen LogP contribution is -1.98. The molecule has 0 aliphatic heterocycles. The van der Waals surface area contributed by atoms with E-state index in [1.807, 2.05) is 0 Å². The van der Waals surface area contributed by atoms with Gasteiger partial charge in [-0.1, -0.05) is 11.8 Å². The summed E-state index contributed by atoms with van der Waals surface area (Å²) >= 11 is 5.50. The van der Waals surface area contributed by atoms with Gasteiger partial charge in [-0.25, -0.2) is 4.98 Å². The molecule has 5 nitrogen and oxygen atoms in total. The van der Waals surface area contributed by atoms with Crippen molar-refractivity contribution in [2.45, 2.75) is 6.42 Å². The molecule has 0 aliphatic carbocycles. The van der Waals surface area contributed by atoms with Crippen molar-refractivity contribution in [3.8, 4) is 11.8 Å². The summed E-state index contributed by atoms with van der Waals surface area (Å²) in [4.78, 5) is 18.2. The Morgan fingerprint density at radius 3 is 3.07 bits per heavy atom. The van der Waals surface area contributed by atoms with Crippen LogP contribution in [0.2, 0.25) is 5.28 Å². The number of nitrogens with zero attached hydrogens (tertiary/aromatic N) is 2. The van der Waals surface area contributed by atoms with Gasteiger partial charge in [-0.2, -0.15) is 4.98 Å². The van der Waals surface area contributed by atoms with Crippen molar-refractivity contribution in [1.29, 1.82) is 0 Å². The zero-order valence-electron chi connectivity index (χ0n) is 7.95. The van der Waals surface area contributed by atoms with Gasteiger partial charge in [0.05, 0.1) is 12.7 Å². The van der Waals surface area contributed by atoms with Crippen LogP contribution in [-0.2, 0) is 9.53 Å². The Morgan fingerprint density at radius 2 is 2.47 bits per heavy atom. The van der Waals surface area contributed by atoms with Gasteiger partial charge in [0.1, 0.15) is 12.2 Å². The first-order valence-corrected chi connectivity index (χ1v) is 4.35. The van der Waals surface area contributed by atoms with Crippen LogP contribution in [0.3, 0.4) is 0 Å². The Balaban J connectivity index is 2.76. The van der Waals surface area contributed by atoms with Gasteiger partial charge in [-0.3, -0.25) is 4.79 Å². The molecule has 2 N–H and O–H groups in total. The molecule has 0 aromatic carbocycles. The summed E-state index contributed by atoms with van der Waals surface area (Å²) in [6.45, 7) is 0. The van der Waals surface area contributed by atoms with Gasteiger partial charge in [0.25, 0.3) is 0 Å². The smallest absolute Gasteiger partial charge is 0.317 e. The molecular weight excluding hydrogens is 218 g/mol. The third kappa shape index (κ3) is 3.44. The number of methoxy groups -OCH3 is 1. The topological polar surface area (TPSA) is 78.1 Å². The maximum atomic E-state index is 10.7. The molecule has 1 rings (SSSR count). The summed E-state index contributed by atoms with van der Waals surface area (Å²) in [5.41, 5.74) is 5.95. The fraction of sp³-hybridized carbons (Fsp3) is 0.222. The molecule has 78 valence electrons. The van der Waals surface area contributed by atoms with E-state index in [1.165, 1.54) is 13.3 Å². The number of ether oxygens (including phenoxy) is 1. The molecule has 0 saturated heterocycles. The van der Waals surface area contributed by atoms with E-state index in [4.69, 9.17) is 17.3 Å². The van der Waals surface area contributed by atoms with Gasteiger partial charge >= 0.3 is 5.97 Å². The second kappa shape index (κ2) is 5.17. The lowest BCUT2D eigenvalue weighted by molar-refractivity contribution is -0.139. The summed E-state index contributed by atoms with van der Waals surface area (Å²) in [5, 5.41) is 0.0611. The Kier molecular flexibility index (Phi) is 3.89. The molecule has 1 aromatic rings. The first kappa shape index (κ1) is 11.3. The Labute approximate surface area is 91.6 Å². The highest BCUT2D eigenvalue weighted by Gasteiger charge is 1.99. The van der Waals surface area contributed by atoms with Crippen molar-refractivity contribution in [3.63, 3.8) is 0 Å². The number of halogens is 1. The molecule has 0 amide bonds. The van der Waals surface area contributed by atoms with Crippen molar-refractivity contribution in [3.05, 3.63) is 17.0 Å². The maximum Gasteiger partial charge on any atom is 0.317 e. The molecule has 0 fully saturated rings. The van der Waals surface area contributed by atoms with E-state index >= 15 is 0 Å². The number of anilines is 1. The van der Waals surface area contributed by atoms with Gasteiger partial charge in [0.15, 0.2) is 0 Å². The summed E-state index contributed by atoms with van der Waals surface area (Å²) < 4.78 is 4.41. The number of nitrogen functional groups attached to an aromatic ring is 1. The van der Waals surface area contributed by atoms with Crippen molar-refractivity contribution in [2.75, 3.05) is 12.8 Å². The SMILES string of the molecule is COC(=O)CC#Cc1cnc(Cl)nc1N. The van der Waals surface area contributed by atoms with Crippen LogP contribution in [0, 0.1) is 11.8 Å². The normalized spacial score (nSPS) is 8.93. The van der Waals surface area contributed by atoms with Crippen molar-refractivity contribution < 1.29 is 9.53 Å². The van der Waals surface area contributed by atoms with Gasteiger partial charge in [-0.05, 0) is 11.6 Å². The average Bonchev–Trinajstić information content (AvgIpc) is 2.21. The molecule has 1 aromatic heterocycles. The number of hydrogen-bond acceptors (Lipinski definition) is 5. The zero-order valence-corrected chi connectivity index (χ0v) is 8.71. The van der Waals surface area contributed by atoms with Gasteiger partial charge < -0.3 is 10.5 Å². The van der Waals surface area contributed by atoms with Crippen molar-refractivity contribution in [1.82, 2.24) is 9.97 Å². The summed E-state index contributed by atoms with van der Waals surface area (Å²) in [6.07, 6.45) is 1.40. The van der Waals surface area contributed by atoms with Crippen molar-refractivity contribution >= 4 is 23.4 Å². The predicted molar refractivity (Wildman–Crippen MR) is 55.0 cm³/mol. The number of rotatable bonds is 1. The van der Waals surface area contributed by atoms with Crippen LogP contribution in [0.25, 0.3) is 0 Å². The summed E-state index contributed by atoms with van der Waals surface area (Å²) in [7, 11) is 1.30. The fourth-order valence-corrected chi connectivity index (χ4v) is 0.892. The predicted octanol–water partition coefficient (Wildman–Crippen LogP) is 0.627. The van der Waals surface area contributed by atoms with Crippen LogP contribution in [-0.4, -0.2) is 23.0 Å². The van der Waals surface area contributed by atoms with E-state index in [2.05, 4.69) is 26.5 Å². The van der Waals surface area contributed by atoms with Crippen LogP contribution < -0.4 is 5.73 Å². The summed E-state index contributed by atoms with van der Waals surface area (Å²) in [5.74, 6) is 5.01. The number of hydrogen-bond donors (Lipinski definition) is 1. The molecule has 0 saturated carbocycles. The largest absolute Gasteiger partial charge is 0.468 e. The highest BCUT2D eigenvalue weighted by molar-refractivity contribution is 6.28. The van der Waals surface area contributed by atoms with Crippen LogP contribution in [0.15, 0.2) is 6.20 Å². The Morgan fingerprint density at radius 1 is 1.73 bits per heavy atom. The van der Waals surface area contributed by atoms with Crippen LogP contribution in [0.4, 0.5) is 5.82 Å². The Hall–Kier alpha value is -1.80. The first-order chi connectivity index (χ1) is 7.13.